The van der Waals surface area contributed by atoms with Crippen LogP contribution in [0, 0.1) is 0 Å². The van der Waals surface area contributed by atoms with Gasteiger partial charge in [-0.2, -0.15) is 0 Å². The van der Waals surface area contributed by atoms with Gasteiger partial charge < -0.3 is 9.47 Å². The monoisotopic (exact) mass is 602 g/mol. The molecule has 0 unspecified atom stereocenters. The van der Waals surface area contributed by atoms with E-state index in [1.807, 2.05) is 0 Å². The lowest BCUT2D eigenvalue weighted by atomic mass is 9.73. The van der Waals surface area contributed by atoms with Gasteiger partial charge in [-0.05, 0) is 88.0 Å². The third kappa shape index (κ3) is 4.33. The van der Waals surface area contributed by atoms with Gasteiger partial charge in [0.1, 0.15) is 0 Å². The molecule has 1 aromatic heterocycles. The summed E-state index contributed by atoms with van der Waals surface area (Å²) in [5.41, 5.74) is 14.6. The Hall–Kier alpha value is -5.86. The SMILES string of the molecule is CC1(C)c2ccccc2N(c2ccc3c(c2)c2ccccc2n3-c2cc(-c3ccccc3)cc(-c3ccccc3)c2)c2ccccc21. The molecule has 2 heterocycles. The highest BCUT2D eigenvalue weighted by Gasteiger charge is 2.36. The largest absolute Gasteiger partial charge is 0.310 e. The molecule has 7 aromatic carbocycles. The van der Waals surface area contributed by atoms with Crippen molar-refractivity contribution in [3.05, 3.63) is 181 Å². The van der Waals surface area contributed by atoms with Gasteiger partial charge in [-0.1, -0.05) is 129 Å². The summed E-state index contributed by atoms with van der Waals surface area (Å²) in [4.78, 5) is 2.45. The van der Waals surface area contributed by atoms with E-state index in [4.69, 9.17) is 0 Å². The topological polar surface area (TPSA) is 8.17 Å². The zero-order valence-corrected chi connectivity index (χ0v) is 26.6. The first-order chi connectivity index (χ1) is 23.1. The minimum absolute atomic E-state index is 0.0932. The normalized spacial score (nSPS) is 13.4. The van der Waals surface area contributed by atoms with Crippen molar-refractivity contribution < 1.29 is 0 Å². The van der Waals surface area contributed by atoms with Crippen molar-refractivity contribution in [2.75, 3.05) is 4.90 Å². The molecule has 0 aliphatic carbocycles. The fourth-order valence-corrected chi connectivity index (χ4v) is 7.66. The maximum Gasteiger partial charge on any atom is 0.0542 e. The second kappa shape index (κ2) is 10.6. The number of hydrogen-bond acceptors (Lipinski definition) is 1. The van der Waals surface area contributed by atoms with E-state index in [9.17, 15) is 0 Å². The van der Waals surface area contributed by atoms with Crippen molar-refractivity contribution in [3.8, 4) is 27.9 Å². The number of anilines is 3. The highest BCUT2D eigenvalue weighted by molar-refractivity contribution is 6.11. The summed E-state index contributed by atoms with van der Waals surface area (Å²) in [6.07, 6.45) is 0. The van der Waals surface area contributed by atoms with E-state index >= 15 is 0 Å². The molecule has 0 N–H and O–H groups in total. The van der Waals surface area contributed by atoms with E-state index in [0.29, 0.717) is 0 Å². The summed E-state index contributed by atoms with van der Waals surface area (Å²) < 4.78 is 2.44. The van der Waals surface area contributed by atoms with Crippen molar-refractivity contribution in [2.24, 2.45) is 0 Å². The van der Waals surface area contributed by atoms with E-state index in [2.05, 4.69) is 193 Å². The molecule has 0 fully saturated rings. The van der Waals surface area contributed by atoms with Gasteiger partial charge >= 0.3 is 0 Å². The Kier molecular flexibility index (Phi) is 6.20. The predicted molar refractivity (Wildman–Crippen MR) is 198 cm³/mol. The lowest BCUT2D eigenvalue weighted by Crippen LogP contribution is -2.30. The van der Waals surface area contributed by atoms with Crippen LogP contribution in [0.4, 0.5) is 17.1 Å². The van der Waals surface area contributed by atoms with Gasteiger partial charge in [0.15, 0.2) is 0 Å². The van der Waals surface area contributed by atoms with Crippen molar-refractivity contribution in [3.63, 3.8) is 0 Å². The molecular weight excluding hydrogens is 569 g/mol. The number of para-hydroxylation sites is 3. The van der Waals surface area contributed by atoms with Crippen LogP contribution in [0.25, 0.3) is 49.7 Å². The number of benzene rings is 7. The average Bonchev–Trinajstić information content (AvgIpc) is 3.46. The molecule has 47 heavy (non-hydrogen) atoms. The minimum atomic E-state index is -0.0932. The zero-order valence-electron chi connectivity index (χ0n) is 26.6. The van der Waals surface area contributed by atoms with Gasteiger partial charge in [0.25, 0.3) is 0 Å². The molecule has 0 amide bonds. The van der Waals surface area contributed by atoms with Crippen LogP contribution in [0.15, 0.2) is 170 Å². The van der Waals surface area contributed by atoms with Crippen molar-refractivity contribution in [1.29, 1.82) is 0 Å². The van der Waals surface area contributed by atoms with Crippen LogP contribution in [-0.4, -0.2) is 4.57 Å². The van der Waals surface area contributed by atoms with Crippen LogP contribution in [0.1, 0.15) is 25.0 Å². The summed E-state index contributed by atoms with van der Waals surface area (Å²) in [6.45, 7) is 4.68. The lowest BCUT2D eigenvalue weighted by molar-refractivity contribution is 0.632. The fourth-order valence-electron chi connectivity index (χ4n) is 7.66. The summed E-state index contributed by atoms with van der Waals surface area (Å²) >= 11 is 0. The molecule has 0 saturated carbocycles. The number of aromatic nitrogens is 1. The Morgan fingerprint density at radius 3 is 1.51 bits per heavy atom. The summed E-state index contributed by atoms with van der Waals surface area (Å²) in [6, 6.07) is 61.9. The summed E-state index contributed by atoms with van der Waals surface area (Å²) in [5, 5.41) is 2.49. The highest BCUT2D eigenvalue weighted by atomic mass is 15.2. The number of hydrogen-bond donors (Lipinski definition) is 0. The van der Waals surface area contributed by atoms with Crippen molar-refractivity contribution in [1.82, 2.24) is 4.57 Å². The van der Waals surface area contributed by atoms with E-state index in [1.54, 1.807) is 0 Å². The van der Waals surface area contributed by atoms with Crippen molar-refractivity contribution in [2.45, 2.75) is 19.3 Å². The molecule has 2 heteroatoms. The third-order valence-corrected chi connectivity index (χ3v) is 9.94. The van der Waals surface area contributed by atoms with E-state index in [-0.39, 0.29) is 5.41 Å². The molecular formula is C45H34N2. The Morgan fingerprint density at radius 1 is 0.383 bits per heavy atom. The Balaban J connectivity index is 1.29. The van der Waals surface area contributed by atoms with Gasteiger partial charge in [0, 0.05) is 27.6 Å². The fraction of sp³-hybridized carbons (Fsp3) is 0.0667. The molecule has 2 nitrogen and oxygen atoms in total. The molecule has 9 rings (SSSR count). The second-order valence-electron chi connectivity index (χ2n) is 13.0. The average molecular weight is 603 g/mol. The van der Waals surface area contributed by atoms with Gasteiger partial charge in [-0.3, -0.25) is 0 Å². The van der Waals surface area contributed by atoms with Crippen LogP contribution in [0.2, 0.25) is 0 Å². The highest BCUT2D eigenvalue weighted by Crippen LogP contribution is 2.52. The van der Waals surface area contributed by atoms with Gasteiger partial charge in [-0.15, -0.1) is 0 Å². The molecule has 0 spiro atoms. The predicted octanol–water partition coefficient (Wildman–Crippen LogP) is 12.2. The standard InChI is InChI=1S/C45H34N2/c1-45(2)39-20-10-13-23-43(39)46(44-24-14-11-21-40(44)45)35-25-26-42-38(30-35)37-19-9-12-22-41(37)47(42)36-28-33(31-15-5-3-6-16-31)27-34(29-36)32-17-7-4-8-18-32/h3-30H,1-2H3. The molecule has 224 valence electrons. The first-order valence-corrected chi connectivity index (χ1v) is 16.4. The van der Waals surface area contributed by atoms with Crippen LogP contribution in [-0.2, 0) is 5.41 Å². The molecule has 0 atom stereocenters. The molecule has 0 saturated heterocycles. The molecule has 0 radical (unpaired) electrons. The van der Waals surface area contributed by atoms with Gasteiger partial charge in [0.2, 0.25) is 0 Å². The first kappa shape index (κ1) is 27.5. The summed E-state index contributed by atoms with van der Waals surface area (Å²) in [5.74, 6) is 0. The van der Waals surface area contributed by atoms with Crippen LogP contribution < -0.4 is 4.90 Å². The van der Waals surface area contributed by atoms with E-state index in [0.717, 1.165) is 5.69 Å². The van der Waals surface area contributed by atoms with E-state index in [1.165, 1.54) is 72.2 Å². The molecule has 1 aliphatic rings. The smallest absolute Gasteiger partial charge is 0.0542 e. The van der Waals surface area contributed by atoms with Gasteiger partial charge in [-0.25, -0.2) is 0 Å². The second-order valence-corrected chi connectivity index (χ2v) is 13.0. The van der Waals surface area contributed by atoms with Crippen molar-refractivity contribution >= 4 is 38.9 Å². The van der Waals surface area contributed by atoms with Gasteiger partial charge in [0.05, 0.1) is 22.4 Å². The minimum Gasteiger partial charge on any atom is -0.310 e. The Morgan fingerprint density at radius 2 is 0.894 bits per heavy atom. The Labute approximate surface area is 275 Å². The van der Waals surface area contributed by atoms with E-state index < -0.39 is 0 Å². The quantitative estimate of drug-likeness (QED) is 0.195. The molecule has 8 aromatic rings. The van der Waals surface area contributed by atoms with Crippen LogP contribution in [0.3, 0.4) is 0 Å². The third-order valence-electron chi connectivity index (χ3n) is 9.94. The zero-order chi connectivity index (χ0) is 31.5. The maximum absolute atomic E-state index is 2.45. The summed E-state index contributed by atoms with van der Waals surface area (Å²) in [7, 11) is 0. The number of rotatable bonds is 4. The lowest BCUT2D eigenvalue weighted by Gasteiger charge is -2.42. The molecule has 1 aliphatic heterocycles. The number of fused-ring (bicyclic) bond motifs is 5. The maximum atomic E-state index is 2.45. The molecule has 0 bridgehead atoms. The van der Waals surface area contributed by atoms with Crippen LogP contribution >= 0.6 is 0 Å². The Bertz CT molecular complexity index is 2330. The first-order valence-electron chi connectivity index (χ1n) is 16.4. The number of nitrogens with zero attached hydrogens (tertiary/aromatic N) is 2. The van der Waals surface area contributed by atoms with Crippen LogP contribution in [0.5, 0.6) is 0 Å².